The Morgan fingerprint density at radius 3 is 1.65 bits per heavy atom. The minimum Gasteiger partial charge on any atom is -0.457 e. The minimum atomic E-state index is 0.116. The number of benzene rings is 10. The zero-order chi connectivity index (χ0) is 47.5. The van der Waals surface area contributed by atoms with Gasteiger partial charge in [0.15, 0.2) is 0 Å². The van der Waals surface area contributed by atoms with Gasteiger partial charge in [0.05, 0.1) is 28.1 Å². The number of anilines is 4. The van der Waals surface area contributed by atoms with Gasteiger partial charge in [0.25, 0.3) is 0 Å². The monoisotopic (exact) mass is 922 g/mol. The van der Waals surface area contributed by atoms with Gasteiger partial charge < -0.3 is 14.5 Å². The zero-order valence-electron chi connectivity index (χ0n) is 39.3. The molecule has 0 amide bonds. The average Bonchev–Trinajstić information content (AvgIpc) is 4.12. The molecular weight excluding hydrogens is 877 g/mol. The van der Waals surface area contributed by atoms with Crippen molar-refractivity contribution < 1.29 is 4.74 Å². The summed E-state index contributed by atoms with van der Waals surface area (Å²) in [5.41, 5.74) is 20.1. The Hall–Kier alpha value is -9.45. The fourth-order valence-corrected chi connectivity index (χ4v) is 11.4. The number of pyridine rings is 1. The van der Waals surface area contributed by atoms with E-state index in [2.05, 4.69) is 269 Å². The summed E-state index contributed by atoms with van der Waals surface area (Å²) < 4.78 is 9.18. The van der Waals surface area contributed by atoms with Crippen LogP contribution in [0.25, 0.3) is 72.1 Å². The van der Waals surface area contributed by atoms with E-state index in [4.69, 9.17) is 9.72 Å². The van der Waals surface area contributed by atoms with Gasteiger partial charge in [-0.3, -0.25) is 4.57 Å². The van der Waals surface area contributed by atoms with Gasteiger partial charge in [-0.15, -0.1) is 0 Å². The molecule has 340 valence electrons. The maximum atomic E-state index is 6.89. The molecule has 10 aromatic carbocycles. The van der Waals surface area contributed by atoms with Gasteiger partial charge in [0.1, 0.15) is 24.0 Å². The first kappa shape index (κ1) is 41.5. The van der Waals surface area contributed by atoms with Crippen molar-refractivity contribution in [3.05, 3.63) is 278 Å². The standard InChI is InChI=1S/C67H46N4O/c1-4-19-45(20-5-1)49-39-59(46-21-6-2-7-22-46)67(60(40-49)47-23-8-3-9-24-47)70-44-69(62-33-16-17-34-63(62)70)50-25-18-26-51(42-50)72-52-35-36-56-55-29-14-15-32-61(55)71(64(56)43-52)65-41-48(37-38-68-65)66-57-30-12-10-27-53(57)54-28-11-13-31-58(54)66/h1-43,66H,44H2. The van der Waals surface area contributed by atoms with Crippen LogP contribution < -0.4 is 14.5 Å². The molecule has 0 saturated heterocycles. The molecule has 72 heavy (non-hydrogen) atoms. The molecule has 0 atom stereocenters. The highest BCUT2D eigenvalue weighted by Gasteiger charge is 2.33. The lowest BCUT2D eigenvalue weighted by atomic mass is 9.90. The number of hydrogen-bond acceptors (Lipinski definition) is 4. The van der Waals surface area contributed by atoms with Crippen molar-refractivity contribution in [2.24, 2.45) is 0 Å². The van der Waals surface area contributed by atoms with Gasteiger partial charge in [0.2, 0.25) is 0 Å². The number of nitrogens with zero attached hydrogens (tertiary/aromatic N) is 4. The highest BCUT2D eigenvalue weighted by atomic mass is 16.5. The number of ether oxygens (including phenoxy) is 1. The van der Waals surface area contributed by atoms with Crippen LogP contribution in [0.5, 0.6) is 11.5 Å². The first-order valence-electron chi connectivity index (χ1n) is 24.7. The number of aromatic nitrogens is 2. The topological polar surface area (TPSA) is 33.5 Å². The second-order valence-electron chi connectivity index (χ2n) is 18.7. The number of fused-ring (bicyclic) bond motifs is 7. The third kappa shape index (κ3) is 6.97. The maximum Gasteiger partial charge on any atom is 0.137 e. The second kappa shape index (κ2) is 17.2. The van der Waals surface area contributed by atoms with Crippen LogP contribution in [0.3, 0.4) is 0 Å². The summed E-state index contributed by atoms with van der Waals surface area (Å²) in [4.78, 5) is 9.95. The van der Waals surface area contributed by atoms with E-state index in [0.717, 1.165) is 56.5 Å². The molecule has 0 saturated carbocycles. The normalized spacial score (nSPS) is 12.8. The van der Waals surface area contributed by atoms with E-state index in [1.165, 1.54) is 66.6 Å². The van der Waals surface area contributed by atoms with Crippen LogP contribution in [0.2, 0.25) is 0 Å². The summed E-state index contributed by atoms with van der Waals surface area (Å²) >= 11 is 0. The van der Waals surface area contributed by atoms with Crippen molar-refractivity contribution in [1.29, 1.82) is 0 Å². The molecule has 0 fully saturated rings. The average molecular weight is 923 g/mol. The summed E-state index contributed by atoms with van der Waals surface area (Å²) in [5.74, 6) is 2.49. The molecule has 0 spiro atoms. The van der Waals surface area contributed by atoms with Crippen molar-refractivity contribution in [3.8, 4) is 61.8 Å². The van der Waals surface area contributed by atoms with Gasteiger partial charge in [-0.05, 0) is 117 Å². The predicted octanol–water partition coefficient (Wildman–Crippen LogP) is 17.4. The Kier molecular flexibility index (Phi) is 9.92. The highest BCUT2D eigenvalue weighted by molar-refractivity contribution is 6.09. The summed E-state index contributed by atoms with van der Waals surface area (Å²) in [6.07, 6.45) is 1.96. The first-order valence-corrected chi connectivity index (χ1v) is 24.7. The lowest BCUT2D eigenvalue weighted by molar-refractivity contribution is 0.483. The lowest BCUT2D eigenvalue weighted by Gasteiger charge is -2.28. The van der Waals surface area contributed by atoms with Crippen LogP contribution in [-0.4, -0.2) is 16.2 Å². The van der Waals surface area contributed by atoms with Crippen LogP contribution in [-0.2, 0) is 0 Å². The molecule has 0 bridgehead atoms. The largest absolute Gasteiger partial charge is 0.457 e. The molecule has 0 N–H and O–H groups in total. The van der Waals surface area contributed by atoms with E-state index < -0.39 is 0 Å². The third-order valence-electron chi connectivity index (χ3n) is 14.6. The summed E-state index contributed by atoms with van der Waals surface area (Å²) in [6.45, 7) is 0.601. The number of rotatable bonds is 9. The van der Waals surface area contributed by atoms with Crippen molar-refractivity contribution in [1.82, 2.24) is 9.55 Å². The number of hydrogen-bond donors (Lipinski definition) is 0. The summed E-state index contributed by atoms with van der Waals surface area (Å²) in [7, 11) is 0. The number of para-hydroxylation sites is 3. The molecule has 1 aliphatic carbocycles. The van der Waals surface area contributed by atoms with Crippen LogP contribution in [0.15, 0.2) is 261 Å². The van der Waals surface area contributed by atoms with Gasteiger partial charge in [-0.2, -0.15) is 0 Å². The summed E-state index contributed by atoms with van der Waals surface area (Å²) in [5, 5.41) is 2.31. The zero-order valence-corrected chi connectivity index (χ0v) is 39.3. The fraction of sp³-hybridized carbons (Fsp3) is 0.0299. The smallest absolute Gasteiger partial charge is 0.137 e. The van der Waals surface area contributed by atoms with Gasteiger partial charge >= 0.3 is 0 Å². The van der Waals surface area contributed by atoms with Crippen molar-refractivity contribution in [2.45, 2.75) is 5.92 Å². The van der Waals surface area contributed by atoms with Gasteiger partial charge in [-0.1, -0.05) is 176 Å². The molecule has 3 heterocycles. The minimum absolute atomic E-state index is 0.116. The Morgan fingerprint density at radius 2 is 0.958 bits per heavy atom. The molecule has 0 unspecified atom stereocenters. The van der Waals surface area contributed by atoms with E-state index >= 15 is 0 Å². The van der Waals surface area contributed by atoms with E-state index in [1.807, 2.05) is 6.20 Å². The van der Waals surface area contributed by atoms with E-state index in [-0.39, 0.29) is 5.92 Å². The van der Waals surface area contributed by atoms with E-state index in [0.29, 0.717) is 6.67 Å². The maximum absolute atomic E-state index is 6.89. The van der Waals surface area contributed by atoms with Crippen LogP contribution in [0.4, 0.5) is 22.7 Å². The van der Waals surface area contributed by atoms with Crippen LogP contribution in [0.1, 0.15) is 22.6 Å². The third-order valence-corrected chi connectivity index (χ3v) is 14.6. The SMILES string of the molecule is c1ccc(-c2cc(-c3ccccc3)c(N3CN(c4cccc(Oc5ccc6c7ccccc7n(-c7cc(C8c9ccccc9-c9ccccc98)ccn7)c6c5)c4)c4ccccc43)c(-c3ccccc3)c2)cc1. The molecule has 5 heteroatoms. The van der Waals surface area contributed by atoms with Crippen molar-refractivity contribution in [3.63, 3.8) is 0 Å². The predicted molar refractivity (Wildman–Crippen MR) is 296 cm³/mol. The van der Waals surface area contributed by atoms with Crippen LogP contribution in [0, 0.1) is 0 Å². The molecule has 14 rings (SSSR count). The van der Waals surface area contributed by atoms with Crippen LogP contribution >= 0.6 is 0 Å². The molecule has 2 aromatic heterocycles. The van der Waals surface area contributed by atoms with E-state index in [1.54, 1.807) is 0 Å². The summed E-state index contributed by atoms with van der Waals surface area (Å²) in [6, 6.07) is 91.4. The van der Waals surface area contributed by atoms with Crippen molar-refractivity contribution >= 4 is 44.6 Å². The molecule has 2 aliphatic rings. The van der Waals surface area contributed by atoms with Gasteiger partial charge in [-0.25, -0.2) is 4.98 Å². The Morgan fingerprint density at radius 1 is 0.389 bits per heavy atom. The molecule has 0 radical (unpaired) electrons. The molecule has 12 aromatic rings. The Balaban J connectivity index is 0.839. The first-order chi connectivity index (χ1) is 35.7. The lowest BCUT2D eigenvalue weighted by Crippen LogP contribution is -2.25. The van der Waals surface area contributed by atoms with Gasteiger partial charge in [0, 0.05) is 51.8 Å². The quantitative estimate of drug-likeness (QED) is 0.144. The fourth-order valence-electron chi connectivity index (χ4n) is 11.4. The Bertz CT molecular complexity index is 3910. The highest BCUT2D eigenvalue weighted by Crippen LogP contribution is 2.52. The molecule has 1 aliphatic heterocycles. The van der Waals surface area contributed by atoms with E-state index in [9.17, 15) is 0 Å². The Labute approximate surface area is 418 Å². The molecular formula is C67H46N4O. The van der Waals surface area contributed by atoms with Crippen molar-refractivity contribution in [2.75, 3.05) is 16.5 Å². The molecule has 5 nitrogen and oxygen atoms in total. The second-order valence-corrected chi connectivity index (χ2v) is 18.7.